The molecule has 0 aromatic heterocycles. The van der Waals surface area contributed by atoms with Gasteiger partial charge in [0, 0.05) is 23.5 Å². The Morgan fingerprint density at radius 3 is 2.31 bits per heavy atom. The highest BCUT2D eigenvalue weighted by Gasteiger charge is 2.34. The summed E-state index contributed by atoms with van der Waals surface area (Å²) >= 11 is 5.96. The Hall–Kier alpha value is -2.79. The van der Waals surface area contributed by atoms with E-state index in [9.17, 15) is 9.59 Å². The summed E-state index contributed by atoms with van der Waals surface area (Å²) in [5, 5.41) is 6.39. The van der Waals surface area contributed by atoms with Crippen LogP contribution in [0.25, 0.3) is 0 Å². The topological polar surface area (TPSA) is 61.4 Å². The number of benzene rings is 2. The normalized spacial score (nSPS) is 17.2. The van der Waals surface area contributed by atoms with Gasteiger partial charge in [0.2, 0.25) is 0 Å². The van der Waals surface area contributed by atoms with Crippen LogP contribution in [0.15, 0.2) is 59.8 Å². The Labute approximate surface area is 157 Å². The number of halogens is 1. The van der Waals surface area contributed by atoms with E-state index in [0.717, 1.165) is 11.1 Å². The fraction of sp³-hybridized carbons (Fsp3) is 0.200. The van der Waals surface area contributed by atoms with E-state index in [1.54, 1.807) is 26.1 Å². The van der Waals surface area contributed by atoms with Gasteiger partial charge in [0.15, 0.2) is 0 Å². The molecule has 134 valence electrons. The summed E-state index contributed by atoms with van der Waals surface area (Å²) < 4.78 is 0. The first-order valence-corrected chi connectivity index (χ1v) is 8.63. The lowest BCUT2D eigenvalue weighted by molar-refractivity contribution is -0.113. The number of hydrogen-bond donors (Lipinski definition) is 2. The van der Waals surface area contributed by atoms with Crippen molar-refractivity contribution >= 4 is 29.2 Å². The molecule has 2 aromatic carbocycles. The van der Waals surface area contributed by atoms with Crippen molar-refractivity contribution in [2.24, 2.45) is 0 Å². The molecule has 0 bridgehead atoms. The van der Waals surface area contributed by atoms with Crippen LogP contribution in [0.5, 0.6) is 0 Å². The molecule has 0 saturated heterocycles. The van der Waals surface area contributed by atoms with E-state index in [1.165, 1.54) is 4.90 Å². The highest BCUT2D eigenvalue weighted by atomic mass is 35.5. The summed E-state index contributed by atoms with van der Waals surface area (Å²) in [6.45, 7) is 3.76. The minimum atomic E-state index is -0.540. The Morgan fingerprint density at radius 1 is 1.08 bits per heavy atom. The summed E-state index contributed by atoms with van der Waals surface area (Å²) in [5.74, 6) is -0.252. The minimum absolute atomic E-state index is 0.252. The van der Waals surface area contributed by atoms with Crippen LogP contribution in [0.2, 0.25) is 5.02 Å². The Kier molecular flexibility index (Phi) is 5.00. The highest BCUT2D eigenvalue weighted by molar-refractivity contribution is 6.30. The van der Waals surface area contributed by atoms with E-state index in [4.69, 9.17) is 11.6 Å². The van der Waals surface area contributed by atoms with E-state index >= 15 is 0 Å². The van der Waals surface area contributed by atoms with E-state index < -0.39 is 6.04 Å². The molecular weight excluding hydrogens is 350 g/mol. The van der Waals surface area contributed by atoms with Crippen LogP contribution in [0, 0.1) is 6.92 Å². The van der Waals surface area contributed by atoms with Crippen LogP contribution >= 0.6 is 11.6 Å². The van der Waals surface area contributed by atoms with E-state index in [-0.39, 0.29) is 11.9 Å². The van der Waals surface area contributed by atoms with Crippen molar-refractivity contribution in [3.63, 3.8) is 0 Å². The van der Waals surface area contributed by atoms with Gasteiger partial charge in [-0.1, -0.05) is 41.4 Å². The Morgan fingerprint density at radius 2 is 1.69 bits per heavy atom. The molecule has 26 heavy (non-hydrogen) atoms. The van der Waals surface area contributed by atoms with Crippen LogP contribution in [0.1, 0.15) is 24.1 Å². The predicted molar refractivity (Wildman–Crippen MR) is 103 cm³/mol. The van der Waals surface area contributed by atoms with Gasteiger partial charge in [-0.25, -0.2) is 4.79 Å². The highest BCUT2D eigenvalue weighted by Crippen LogP contribution is 2.31. The quantitative estimate of drug-likeness (QED) is 0.849. The van der Waals surface area contributed by atoms with Gasteiger partial charge in [-0.2, -0.15) is 0 Å². The van der Waals surface area contributed by atoms with Crippen molar-refractivity contribution < 1.29 is 9.59 Å². The molecule has 1 heterocycles. The zero-order chi connectivity index (χ0) is 18.8. The van der Waals surface area contributed by atoms with Gasteiger partial charge in [0.1, 0.15) is 0 Å². The lowest BCUT2D eigenvalue weighted by Gasteiger charge is -2.33. The first-order chi connectivity index (χ1) is 12.4. The van der Waals surface area contributed by atoms with E-state index in [2.05, 4.69) is 10.6 Å². The molecule has 1 atom stereocenters. The van der Waals surface area contributed by atoms with E-state index in [1.807, 2.05) is 43.3 Å². The van der Waals surface area contributed by atoms with Crippen LogP contribution in [-0.2, 0) is 4.79 Å². The summed E-state index contributed by atoms with van der Waals surface area (Å²) in [4.78, 5) is 26.7. The third-order valence-corrected chi connectivity index (χ3v) is 4.76. The van der Waals surface area contributed by atoms with Gasteiger partial charge in [0.25, 0.3) is 5.91 Å². The third-order valence-electron chi connectivity index (χ3n) is 4.51. The Bertz CT molecular complexity index is 873. The number of urea groups is 1. The first-order valence-electron chi connectivity index (χ1n) is 8.25. The molecule has 2 aromatic rings. The number of carbonyl (C=O) groups excluding carboxylic acids is 2. The number of anilines is 1. The molecule has 1 aliphatic heterocycles. The number of allylic oxidation sites excluding steroid dienone is 1. The number of nitrogens with zero attached hydrogens (tertiary/aromatic N) is 1. The number of rotatable bonds is 3. The maximum atomic E-state index is 13.0. The molecule has 2 N–H and O–H groups in total. The van der Waals surface area contributed by atoms with Crippen molar-refractivity contribution in [1.82, 2.24) is 10.2 Å². The molecule has 6 heteroatoms. The second-order valence-electron chi connectivity index (χ2n) is 6.31. The monoisotopic (exact) mass is 369 g/mol. The SMILES string of the molecule is CC1=C(C(=O)Nc2ccc(C)cc2)C(c2ccc(Cl)cc2)NC(=O)N1C. The zero-order valence-electron chi connectivity index (χ0n) is 14.8. The van der Waals surface area contributed by atoms with Gasteiger partial charge in [0.05, 0.1) is 11.6 Å². The second kappa shape index (κ2) is 7.22. The van der Waals surface area contributed by atoms with Crippen molar-refractivity contribution in [3.05, 3.63) is 76.0 Å². The van der Waals surface area contributed by atoms with Crippen molar-refractivity contribution in [2.75, 3.05) is 12.4 Å². The third kappa shape index (κ3) is 3.58. The molecule has 3 rings (SSSR count). The van der Waals surface area contributed by atoms with Crippen LogP contribution in [0.4, 0.5) is 10.5 Å². The lowest BCUT2D eigenvalue weighted by atomic mass is 9.94. The minimum Gasteiger partial charge on any atom is -0.327 e. The summed E-state index contributed by atoms with van der Waals surface area (Å²) in [6.07, 6.45) is 0. The maximum absolute atomic E-state index is 13.0. The van der Waals surface area contributed by atoms with Gasteiger partial charge in [-0.3, -0.25) is 4.79 Å². The zero-order valence-corrected chi connectivity index (χ0v) is 15.6. The maximum Gasteiger partial charge on any atom is 0.322 e. The van der Waals surface area contributed by atoms with Gasteiger partial charge < -0.3 is 15.5 Å². The summed E-state index contributed by atoms with van der Waals surface area (Å²) in [6, 6.07) is 13.9. The average Bonchev–Trinajstić information content (AvgIpc) is 2.62. The smallest absolute Gasteiger partial charge is 0.322 e. The molecule has 0 aliphatic carbocycles. The van der Waals surface area contributed by atoms with E-state index in [0.29, 0.717) is 22.0 Å². The van der Waals surface area contributed by atoms with Gasteiger partial charge in [-0.15, -0.1) is 0 Å². The fourth-order valence-corrected chi connectivity index (χ4v) is 3.00. The number of amides is 3. The van der Waals surface area contributed by atoms with Crippen LogP contribution in [0.3, 0.4) is 0 Å². The second-order valence-corrected chi connectivity index (χ2v) is 6.75. The summed E-state index contributed by atoms with van der Waals surface area (Å²) in [7, 11) is 1.64. The molecule has 1 aliphatic rings. The first kappa shape index (κ1) is 18.0. The fourth-order valence-electron chi connectivity index (χ4n) is 2.87. The molecule has 0 radical (unpaired) electrons. The molecule has 0 spiro atoms. The van der Waals surface area contributed by atoms with Crippen LogP contribution in [-0.4, -0.2) is 23.9 Å². The van der Waals surface area contributed by atoms with Gasteiger partial charge in [-0.05, 0) is 43.7 Å². The predicted octanol–water partition coefficient (Wildman–Crippen LogP) is 4.26. The molecule has 3 amide bonds. The molecular formula is C20H20ClN3O2. The van der Waals surface area contributed by atoms with Crippen molar-refractivity contribution in [3.8, 4) is 0 Å². The standard InChI is InChI=1S/C20H20ClN3O2/c1-12-4-10-16(11-5-12)22-19(25)17-13(2)24(3)20(26)23-18(17)14-6-8-15(21)9-7-14/h4-11,18H,1-3H3,(H,22,25)(H,23,26). The molecule has 1 unspecified atom stereocenters. The van der Waals surface area contributed by atoms with Crippen LogP contribution < -0.4 is 10.6 Å². The molecule has 0 fully saturated rings. The lowest BCUT2D eigenvalue weighted by Crippen LogP contribution is -2.46. The average molecular weight is 370 g/mol. The van der Waals surface area contributed by atoms with Crippen molar-refractivity contribution in [1.29, 1.82) is 0 Å². The molecule has 5 nitrogen and oxygen atoms in total. The van der Waals surface area contributed by atoms with Crippen molar-refractivity contribution in [2.45, 2.75) is 19.9 Å². The van der Waals surface area contributed by atoms with Gasteiger partial charge >= 0.3 is 6.03 Å². The number of hydrogen-bond acceptors (Lipinski definition) is 2. The molecule has 0 saturated carbocycles. The largest absolute Gasteiger partial charge is 0.327 e. The Balaban J connectivity index is 1.97. The number of aryl methyl sites for hydroxylation is 1. The summed E-state index contributed by atoms with van der Waals surface area (Å²) in [5.41, 5.74) is 3.72. The number of nitrogens with one attached hydrogen (secondary N) is 2. The number of carbonyl (C=O) groups is 2.